The summed E-state index contributed by atoms with van der Waals surface area (Å²) in [7, 11) is 0. The van der Waals surface area contributed by atoms with Crippen molar-refractivity contribution in [1.82, 2.24) is 14.6 Å². The lowest BCUT2D eigenvalue weighted by atomic mass is 10.3. The number of fused-ring (bicyclic) bond motifs is 1. The smallest absolute Gasteiger partial charge is 0.243 e. The molecule has 6 heteroatoms. The highest BCUT2D eigenvalue weighted by molar-refractivity contribution is 5.44. The first kappa shape index (κ1) is 13.2. The van der Waals surface area contributed by atoms with E-state index in [1.165, 1.54) is 0 Å². The van der Waals surface area contributed by atoms with Crippen molar-refractivity contribution in [1.29, 1.82) is 0 Å². The molecule has 3 aromatic rings. The molecule has 2 heterocycles. The fraction of sp³-hybridized carbons (Fsp3) is 0.200. The lowest BCUT2D eigenvalue weighted by Crippen LogP contribution is -2.12. The highest BCUT2D eigenvalue weighted by atomic mass is 16.5. The maximum absolute atomic E-state index is 5.62. The Labute approximate surface area is 122 Å². The van der Waals surface area contributed by atoms with Crippen molar-refractivity contribution in [3.8, 4) is 5.75 Å². The third-order valence-electron chi connectivity index (χ3n) is 3.08. The third-order valence-corrected chi connectivity index (χ3v) is 3.08. The number of pyridine rings is 1. The van der Waals surface area contributed by atoms with Crippen LogP contribution in [0.5, 0.6) is 5.75 Å². The maximum atomic E-state index is 5.62. The molecule has 6 nitrogen and oxygen atoms in total. The molecule has 0 bridgehead atoms. The van der Waals surface area contributed by atoms with Crippen LogP contribution in [0.4, 0.5) is 11.6 Å². The van der Waals surface area contributed by atoms with Crippen LogP contribution in [0.3, 0.4) is 0 Å². The summed E-state index contributed by atoms with van der Waals surface area (Å²) in [6.07, 6.45) is 0. The molecular weight excluding hydrogens is 266 g/mol. The topological polar surface area (TPSA) is 77.5 Å². The minimum atomic E-state index is 0.526. The molecule has 0 amide bonds. The molecule has 3 rings (SSSR count). The van der Waals surface area contributed by atoms with Gasteiger partial charge in [-0.2, -0.15) is 4.98 Å². The fourth-order valence-electron chi connectivity index (χ4n) is 2.01. The van der Waals surface area contributed by atoms with Gasteiger partial charge in [-0.05, 0) is 43.3 Å². The van der Waals surface area contributed by atoms with Crippen LogP contribution in [-0.2, 0) is 0 Å². The number of anilines is 2. The van der Waals surface area contributed by atoms with Crippen LogP contribution in [0.1, 0.15) is 5.69 Å². The summed E-state index contributed by atoms with van der Waals surface area (Å²) in [4.78, 5) is 4.40. The van der Waals surface area contributed by atoms with Crippen LogP contribution in [-0.4, -0.2) is 27.7 Å². The Bertz CT molecular complexity index is 735. The van der Waals surface area contributed by atoms with E-state index in [9.17, 15) is 0 Å². The van der Waals surface area contributed by atoms with Gasteiger partial charge in [0.2, 0.25) is 5.95 Å². The molecule has 0 saturated carbocycles. The Morgan fingerprint density at radius 2 is 2.00 bits per heavy atom. The van der Waals surface area contributed by atoms with Gasteiger partial charge in [-0.15, -0.1) is 5.10 Å². The Balaban J connectivity index is 1.54. The average Bonchev–Trinajstić information content (AvgIpc) is 2.90. The second kappa shape index (κ2) is 5.70. The Hall–Kier alpha value is -2.76. The molecule has 0 aliphatic heterocycles. The summed E-state index contributed by atoms with van der Waals surface area (Å²) >= 11 is 0. The standard InChI is InChI=1S/C15H17N5O/c1-11-3-2-4-14-18-15(19-20(11)14)17-9-10-21-13-7-5-12(16)6-8-13/h2-8H,9-10,16H2,1H3,(H,17,19). The van der Waals surface area contributed by atoms with Crippen molar-refractivity contribution in [3.05, 3.63) is 48.2 Å². The number of aryl methyl sites for hydroxylation is 1. The van der Waals surface area contributed by atoms with E-state index in [1.807, 2.05) is 53.9 Å². The van der Waals surface area contributed by atoms with Crippen molar-refractivity contribution in [3.63, 3.8) is 0 Å². The van der Waals surface area contributed by atoms with Crippen molar-refractivity contribution in [2.45, 2.75) is 6.92 Å². The van der Waals surface area contributed by atoms with E-state index in [0.717, 1.165) is 22.8 Å². The van der Waals surface area contributed by atoms with Gasteiger partial charge >= 0.3 is 0 Å². The minimum absolute atomic E-state index is 0.526. The SMILES string of the molecule is Cc1cccc2nc(NCCOc3ccc(N)cc3)nn12. The summed E-state index contributed by atoms with van der Waals surface area (Å²) in [6, 6.07) is 13.2. The molecule has 3 N–H and O–H groups in total. The van der Waals surface area contributed by atoms with Gasteiger partial charge in [0.05, 0.1) is 6.54 Å². The predicted octanol–water partition coefficient (Wildman–Crippen LogP) is 2.11. The molecule has 0 spiro atoms. The van der Waals surface area contributed by atoms with Crippen LogP contribution in [0.2, 0.25) is 0 Å². The summed E-state index contributed by atoms with van der Waals surface area (Å²) in [5.41, 5.74) is 8.22. The van der Waals surface area contributed by atoms with E-state index in [4.69, 9.17) is 10.5 Å². The molecular formula is C15H17N5O. The van der Waals surface area contributed by atoms with E-state index in [-0.39, 0.29) is 0 Å². The number of nitrogens with zero attached hydrogens (tertiary/aromatic N) is 3. The van der Waals surface area contributed by atoms with Gasteiger partial charge in [0, 0.05) is 11.4 Å². The zero-order chi connectivity index (χ0) is 14.7. The summed E-state index contributed by atoms with van der Waals surface area (Å²) in [5.74, 6) is 1.40. The Morgan fingerprint density at radius 1 is 1.19 bits per heavy atom. The number of nitrogens with two attached hydrogens (primary N) is 1. The van der Waals surface area contributed by atoms with E-state index in [2.05, 4.69) is 15.4 Å². The molecule has 108 valence electrons. The highest BCUT2D eigenvalue weighted by Crippen LogP contribution is 2.13. The molecule has 21 heavy (non-hydrogen) atoms. The van der Waals surface area contributed by atoms with Crippen molar-refractivity contribution in [2.24, 2.45) is 0 Å². The largest absolute Gasteiger partial charge is 0.492 e. The molecule has 0 unspecified atom stereocenters. The lowest BCUT2D eigenvalue weighted by Gasteiger charge is -2.06. The summed E-state index contributed by atoms with van der Waals surface area (Å²) in [6.45, 7) is 3.15. The average molecular weight is 283 g/mol. The van der Waals surface area contributed by atoms with Crippen molar-refractivity contribution in [2.75, 3.05) is 24.2 Å². The van der Waals surface area contributed by atoms with Crippen LogP contribution >= 0.6 is 0 Å². The van der Waals surface area contributed by atoms with Gasteiger partial charge in [-0.25, -0.2) is 4.52 Å². The number of rotatable bonds is 5. The molecule has 0 atom stereocenters. The number of aromatic nitrogens is 3. The first-order chi connectivity index (χ1) is 10.2. The molecule has 1 aromatic carbocycles. The molecule has 0 radical (unpaired) electrons. The van der Waals surface area contributed by atoms with E-state index in [0.29, 0.717) is 19.1 Å². The second-order valence-electron chi connectivity index (χ2n) is 4.72. The molecule has 0 saturated heterocycles. The van der Waals surface area contributed by atoms with Crippen LogP contribution in [0, 0.1) is 6.92 Å². The van der Waals surface area contributed by atoms with Crippen LogP contribution < -0.4 is 15.8 Å². The van der Waals surface area contributed by atoms with Gasteiger partial charge in [0.15, 0.2) is 5.65 Å². The normalized spacial score (nSPS) is 10.7. The van der Waals surface area contributed by atoms with Gasteiger partial charge in [0.25, 0.3) is 0 Å². The quantitative estimate of drug-likeness (QED) is 0.554. The number of hydrogen-bond acceptors (Lipinski definition) is 5. The van der Waals surface area contributed by atoms with Gasteiger partial charge in [-0.3, -0.25) is 0 Å². The predicted molar refractivity (Wildman–Crippen MR) is 82.6 cm³/mol. The molecule has 0 aliphatic carbocycles. The summed E-state index contributed by atoms with van der Waals surface area (Å²) in [5, 5.41) is 7.54. The van der Waals surface area contributed by atoms with Crippen molar-refractivity contribution >= 4 is 17.3 Å². The number of benzene rings is 1. The molecule has 0 fully saturated rings. The van der Waals surface area contributed by atoms with Gasteiger partial charge < -0.3 is 15.8 Å². The lowest BCUT2D eigenvalue weighted by molar-refractivity contribution is 0.332. The van der Waals surface area contributed by atoms with Crippen LogP contribution in [0.15, 0.2) is 42.5 Å². The van der Waals surface area contributed by atoms with E-state index < -0.39 is 0 Å². The second-order valence-corrected chi connectivity index (χ2v) is 4.72. The number of ether oxygens (including phenoxy) is 1. The monoisotopic (exact) mass is 283 g/mol. The fourth-order valence-corrected chi connectivity index (χ4v) is 2.01. The first-order valence-corrected chi connectivity index (χ1v) is 6.77. The number of nitrogen functional groups attached to an aromatic ring is 1. The zero-order valence-corrected chi connectivity index (χ0v) is 11.8. The number of nitrogens with one attached hydrogen (secondary N) is 1. The van der Waals surface area contributed by atoms with Crippen LogP contribution in [0.25, 0.3) is 5.65 Å². The van der Waals surface area contributed by atoms with Gasteiger partial charge in [-0.1, -0.05) is 6.07 Å². The number of hydrogen-bond donors (Lipinski definition) is 2. The zero-order valence-electron chi connectivity index (χ0n) is 11.8. The highest BCUT2D eigenvalue weighted by Gasteiger charge is 2.03. The Morgan fingerprint density at radius 3 is 2.76 bits per heavy atom. The maximum Gasteiger partial charge on any atom is 0.243 e. The summed E-state index contributed by atoms with van der Waals surface area (Å²) < 4.78 is 7.41. The van der Waals surface area contributed by atoms with Gasteiger partial charge in [0.1, 0.15) is 12.4 Å². The minimum Gasteiger partial charge on any atom is -0.492 e. The first-order valence-electron chi connectivity index (χ1n) is 6.77. The Kier molecular flexibility index (Phi) is 3.59. The van der Waals surface area contributed by atoms with Crippen molar-refractivity contribution < 1.29 is 4.74 Å². The molecule has 2 aromatic heterocycles. The van der Waals surface area contributed by atoms with E-state index >= 15 is 0 Å². The van der Waals surface area contributed by atoms with E-state index in [1.54, 1.807) is 0 Å². The molecule has 0 aliphatic rings. The third kappa shape index (κ3) is 3.05.